The van der Waals surface area contributed by atoms with Crippen molar-refractivity contribution >= 4 is 23.4 Å². The Morgan fingerprint density at radius 1 is 1.19 bits per heavy atom. The SMILES string of the molecule is C=CCn1c(SCC(=O)Nc2ccccc2C)nnc1C(C)Oc1ccc(C)cc1C. The minimum Gasteiger partial charge on any atom is -0.482 e. The van der Waals surface area contributed by atoms with Gasteiger partial charge in [0.1, 0.15) is 5.75 Å². The van der Waals surface area contributed by atoms with Crippen LogP contribution in [-0.4, -0.2) is 26.4 Å². The van der Waals surface area contributed by atoms with Gasteiger partial charge in [0, 0.05) is 12.2 Å². The first-order valence-electron chi connectivity index (χ1n) is 10.1. The van der Waals surface area contributed by atoms with Gasteiger partial charge in [-0.05, 0) is 51.0 Å². The number of hydrogen-bond acceptors (Lipinski definition) is 5. The van der Waals surface area contributed by atoms with Gasteiger partial charge in [-0.2, -0.15) is 0 Å². The number of benzene rings is 2. The number of amides is 1. The minimum atomic E-state index is -0.302. The second-order valence-corrected chi connectivity index (χ2v) is 8.36. The van der Waals surface area contributed by atoms with Crippen molar-refractivity contribution in [2.45, 2.75) is 45.5 Å². The normalized spacial score (nSPS) is 11.7. The summed E-state index contributed by atoms with van der Waals surface area (Å²) in [6.45, 7) is 12.4. The van der Waals surface area contributed by atoms with Gasteiger partial charge in [-0.1, -0.05) is 53.7 Å². The van der Waals surface area contributed by atoms with E-state index in [2.05, 4.69) is 35.1 Å². The number of allylic oxidation sites excluding steroid dienone is 1. The number of hydrogen-bond donors (Lipinski definition) is 1. The Balaban J connectivity index is 1.70. The first kappa shape index (κ1) is 22.6. The third-order valence-corrected chi connectivity index (χ3v) is 5.77. The molecular weight excluding hydrogens is 408 g/mol. The molecule has 6 nitrogen and oxygen atoms in total. The Morgan fingerprint density at radius 3 is 2.68 bits per heavy atom. The molecule has 0 bridgehead atoms. The van der Waals surface area contributed by atoms with E-state index in [1.165, 1.54) is 17.3 Å². The average Bonchev–Trinajstić information content (AvgIpc) is 3.13. The Kier molecular flexibility index (Phi) is 7.52. The summed E-state index contributed by atoms with van der Waals surface area (Å²) >= 11 is 1.34. The van der Waals surface area contributed by atoms with E-state index in [9.17, 15) is 4.79 Å². The van der Waals surface area contributed by atoms with E-state index in [0.29, 0.717) is 17.5 Å². The van der Waals surface area contributed by atoms with Crippen LogP contribution in [-0.2, 0) is 11.3 Å². The van der Waals surface area contributed by atoms with E-state index in [4.69, 9.17) is 4.74 Å². The minimum absolute atomic E-state index is 0.0893. The van der Waals surface area contributed by atoms with Gasteiger partial charge in [0.15, 0.2) is 17.1 Å². The highest BCUT2D eigenvalue weighted by Crippen LogP contribution is 2.27. The van der Waals surface area contributed by atoms with Crippen molar-refractivity contribution in [2.75, 3.05) is 11.1 Å². The molecule has 1 amide bonds. The van der Waals surface area contributed by atoms with Gasteiger partial charge in [0.05, 0.1) is 5.75 Å². The van der Waals surface area contributed by atoms with E-state index in [-0.39, 0.29) is 17.8 Å². The molecule has 2 aromatic carbocycles. The van der Waals surface area contributed by atoms with Crippen molar-refractivity contribution < 1.29 is 9.53 Å². The van der Waals surface area contributed by atoms with Gasteiger partial charge in [-0.25, -0.2) is 0 Å². The van der Waals surface area contributed by atoms with Gasteiger partial charge in [-0.3, -0.25) is 9.36 Å². The summed E-state index contributed by atoms with van der Waals surface area (Å²) in [7, 11) is 0. The number of nitrogens with one attached hydrogen (secondary N) is 1. The molecule has 0 aliphatic carbocycles. The summed E-state index contributed by atoms with van der Waals surface area (Å²) in [6, 6.07) is 13.8. The topological polar surface area (TPSA) is 69.0 Å². The van der Waals surface area contributed by atoms with E-state index in [0.717, 1.165) is 22.6 Å². The summed E-state index contributed by atoms with van der Waals surface area (Å²) in [5, 5.41) is 12.2. The van der Waals surface area contributed by atoms with Crippen molar-refractivity contribution in [1.29, 1.82) is 0 Å². The van der Waals surface area contributed by atoms with Crippen molar-refractivity contribution in [3.05, 3.63) is 77.6 Å². The molecular formula is C24H28N4O2S. The molecule has 3 aromatic rings. The highest BCUT2D eigenvalue weighted by molar-refractivity contribution is 7.99. The largest absolute Gasteiger partial charge is 0.482 e. The maximum Gasteiger partial charge on any atom is 0.234 e. The van der Waals surface area contributed by atoms with E-state index >= 15 is 0 Å². The molecule has 0 saturated heterocycles. The number of nitrogens with zero attached hydrogens (tertiary/aromatic N) is 3. The van der Waals surface area contributed by atoms with Crippen LogP contribution < -0.4 is 10.1 Å². The van der Waals surface area contributed by atoms with E-state index in [1.807, 2.05) is 61.7 Å². The number of rotatable bonds is 9. The molecule has 31 heavy (non-hydrogen) atoms. The predicted molar refractivity (Wildman–Crippen MR) is 126 cm³/mol. The Morgan fingerprint density at radius 2 is 1.97 bits per heavy atom. The Hall–Kier alpha value is -3.06. The van der Waals surface area contributed by atoms with Crippen LogP contribution in [0.3, 0.4) is 0 Å². The number of para-hydroxylation sites is 1. The average molecular weight is 437 g/mol. The standard InChI is InChI=1S/C24H28N4O2S/c1-6-13-28-23(19(5)30-21-12-11-16(2)14-18(21)4)26-27-24(28)31-15-22(29)25-20-10-8-7-9-17(20)3/h6-12,14,19H,1,13,15H2,2-5H3,(H,25,29). The van der Waals surface area contributed by atoms with Crippen molar-refractivity contribution in [3.63, 3.8) is 0 Å². The van der Waals surface area contributed by atoms with Crippen LogP contribution in [0.25, 0.3) is 0 Å². The molecule has 1 heterocycles. The lowest BCUT2D eigenvalue weighted by atomic mass is 10.1. The Bertz CT molecular complexity index is 1080. The number of anilines is 1. The molecule has 1 unspecified atom stereocenters. The first-order chi connectivity index (χ1) is 14.9. The van der Waals surface area contributed by atoms with Gasteiger partial charge in [0.2, 0.25) is 5.91 Å². The molecule has 7 heteroatoms. The molecule has 162 valence electrons. The number of aryl methyl sites for hydroxylation is 3. The van der Waals surface area contributed by atoms with E-state index < -0.39 is 0 Å². The van der Waals surface area contributed by atoms with Crippen LogP contribution in [0.2, 0.25) is 0 Å². The molecule has 0 aliphatic rings. The number of aromatic nitrogens is 3. The lowest BCUT2D eigenvalue weighted by Crippen LogP contribution is -2.16. The molecule has 1 N–H and O–H groups in total. The monoisotopic (exact) mass is 436 g/mol. The first-order valence-corrected chi connectivity index (χ1v) is 11.1. The highest BCUT2D eigenvalue weighted by Gasteiger charge is 2.20. The third kappa shape index (κ3) is 5.76. The van der Waals surface area contributed by atoms with Crippen LogP contribution in [0.1, 0.15) is 35.5 Å². The lowest BCUT2D eigenvalue weighted by molar-refractivity contribution is -0.113. The number of carbonyl (C=O) groups excluding carboxylic acids is 1. The van der Waals surface area contributed by atoms with Crippen molar-refractivity contribution in [3.8, 4) is 5.75 Å². The second-order valence-electron chi connectivity index (χ2n) is 7.42. The molecule has 0 aliphatic heterocycles. The molecule has 3 rings (SSSR count). The number of thioether (sulfide) groups is 1. The van der Waals surface area contributed by atoms with Crippen molar-refractivity contribution in [2.24, 2.45) is 0 Å². The fourth-order valence-corrected chi connectivity index (χ4v) is 3.97. The van der Waals surface area contributed by atoms with Crippen molar-refractivity contribution in [1.82, 2.24) is 14.8 Å². The smallest absolute Gasteiger partial charge is 0.234 e. The van der Waals surface area contributed by atoms with E-state index in [1.54, 1.807) is 6.08 Å². The summed E-state index contributed by atoms with van der Waals surface area (Å²) < 4.78 is 8.10. The van der Waals surface area contributed by atoms with Gasteiger partial charge >= 0.3 is 0 Å². The second kappa shape index (κ2) is 10.3. The zero-order valence-corrected chi connectivity index (χ0v) is 19.2. The van der Waals surface area contributed by atoms with Crippen LogP contribution in [0.15, 0.2) is 60.3 Å². The molecule has 0 fully saturated rings. The van der Waals surface area contributed by atoms with Crippen LogP contribution >= 0.6 is 11.8 Å². The number of carbonyl (C=O) groups is 1. The highest BCUT2D eigenvalue weighted by atomic mass is 32.2. The fraction of sp³-hybridized carbons (Fsp3) is 0.292. The maximum absolute atomic E-state index is 12.4. The third-order valence-electron chi connectivity index (χ3n) is 4.81. The van der Waals surface area contributed by atoms with Gasteiger partial charge in [0.25, 0.3) is 0 Å². The predicted octanol–water partition coefficient (Wildman–Crippen LogP) is 5.26. The fourth-order valence-electron chi connectivity index (χ4n) is 3.21. The Labute approximate surface area is 187 Å². The van der Waals surface area contributed by atoms with Gasteiger partial charge in [-0.15, -0.1) is 16.8 Å². The molecule has 1 aromatic heterocycles. The summed E-state index contributed by atoms with van der Waals surface area (Å²) in [5.41, 5.74) is 4.10. The quantitative estimate of drug-likeness (QED) is 0.366. The lowest BCUT2D eigenvalue weighted by Gasteiger charge is -2.17. The van der Waals surface area contributed by atoms with Crippen LogP contribution in [0, 0.1) is 20.8 Å². The molecule has 0 spiro atoms. The van der Waals surface area contributed by atoms with Crippen LogP contribution in [0.5, 0.6) is 5.75 Å². The zero-order chi connectivity index (χ0) is 22.4. The number of ether oxygens (including phenoxy) is 1. The van der Waals surface area contributed by atoms with Gasteiger partial charge < -0.3 is 10.1 Å². The summed E-state index contributed by atoms with van der Waals surface area (Å²) in [5.74, 6) is 1.66. The molecule has 0 radical (unpaired) electrons. The molecule has 1 atom stereocenters. The molecule has 0 saturated carbocycles. The summed E-state index contributed by atoms with van der Waals surface area (Å²) in [4.78, 5) is 12.4. The summed E-state index contributed by atoms with van der Waals surface area (Å²) in [6.07, 6.45) is 1.48. The maximum atomic E-state index is 12.4. The zero-order valence-electron chi connectivity index (χ0n) is 18.4. The van der Waals surface area contributed by atoms with Crippen LogP contribution in [0.4, 0.5) is 5.69 Å².